The number of methoxy groups -OCH3 is 1. The summed E-state index contributed by atoms with van der Waals surface area (Å²) in [7, 11) is 1.37. The highest BCUT2D eigenvalue weighted by Gasteiger charge is 2.13. The molecule has 0 aliphatic rings. The van der Waals surface area contributed by atoms with Crippen LogP contribution < -0.4 is 0 Å². The van der Waals surface area contributed by atoms with Gasteiger partial charge in [-0.1, -0.05) is 0 Å². The molecule has 2 aromatic rings. The molecule has 2 rings (SSSR count). The summed E-state index contributed by atoms with van der Waals surface area (Å²) in [5, 5.41) is 4.25. The van der Waals surface area contributed by atoms with E-state index in [-0.39, 0.29) is 5.97 Å². The van der Waals surface area contributed by atoms with Crippen LogP contribution in [-0.2, 0) is 4.74 Å². The molecule has 0 aliphatic heterocycles. The number of aromatic nitrogens is 2. The number of ether oxygens (including phenoxy) is 1. The van der Waals surface area contributed by atoms with Crippen molar-refractivity contribution >= 4 is 27.4 Å². The van der Waals surface area contributed by atoms with E-state index < -0.39 is 0 Å². The number of aryl methyl sites for hydroxylation is 1. The number of hydrogen-bond donors (Lipinski definition) is 0. The van der Waals surface area contributed by atoms with E-state index in [1.54, 1.807) is 16.8 Å². The predicted octanol–water partition coefficient (Wildman–Crippen LogP) is 2.19. The van der Waals surface area contributed by atoms with E-state index in [0.29, 0.717) is 5.56 Å². The van der Waals surface area contributed by atoms with Gasteiger partial charge in [-0.3, -0.25) is 0 Å². The minimum absolute atomic E-state index is 0.351. The van der Waals surface area contributed by atoms with E-state index >= 15 is 0 Å². The molecule has 2 heterocycles. The molecule has 0 amide bonds. The molecule has 0 aromatic carbocycles. The second-order valence-corrected chi connectivity index (χ2v) is 4.09. The molecule has 0 atom stereocenters. The van der Waals surface area contributed by atoms with Crippen LogP contribution >= 0.6 is 15.9 Å². The number of esters is 1. The number of carbonyl (C=O) groups excluding carboxylic acids is 1. The van der Waals surface area contributed by atoms with Crippen LogP contribution in [-0.4, -0.2) is 22.7 Å². The Morgan fingerprint density at radius 3 is 2.93 bits per heavy atom. The van der Waals surface area contributed by atoms with E-state index in [1.807, 2.05) is 13.0 Å². The largest absolute Gasteiger partial charge is 0.465 e. The van der Waals surface area contributed by atoms with Gasteiger partial charge in [0.2, 0.25) is 0 Å². The summed E-state index contributed by atoms with van der Waals surface area (Å²) < 4.78 is 7.25. The molecule has 2 aromatic heterocycles. The molecule has 0 fully saturated rings. The Labute approximate surface area is 95.0 Å². The zero-order valence-electron chi connectivity index (χ0n) is 8.32. The molecule has 0 saturated carbocycles. The van der Waals surface area contributed by atoms with E-state index in [2.05, 4.69) is 21.0 Å². The molecule has 0 radical (unpaired) electrons. The fraction of sp³-hybridized carbons (Fsp3) is 0.200. The SMILES string of the molecule is COC(=O)c1cc(C)nn2cc(Br)cc12. The molecule has 15 heavy (non-hydrogen) atoms. The summed E-state index contributed by atoms with van der Waals surface area (Å²) >= 11 is 3.34. The molecule has 5 heteroatoms. The second-order valence-electron chi connectivity index (χ2n) is 3.18. The van der Waals surface area contributed by atoms with Gasteiger partial charge in [-0.05, 0) is 35.0 Å². The Hall–Kier alpha value is -1.36. The quantitative estimate of drug-likeness (QED) is 0.745. The van der Waals surface area contributed by atoms with Crippen LogP contribution in [0.2, 0.25) is 0 Å². The first-order valence-electron chi connectivity index (χ1n) is 4.35. The number of halogens is 1. The van der Waals surface area contributed by atoms with Crippen LogP contribution in [0.1, 0.15) is 16.1 Å². The summed E-state index contributed by atoms with van der Waals surface area (Å²) in [6, 6.07) is 3.55. The average molecular weight is 269 g/mol. The van der Waals surface area contributed by atoms with Crippen LogP contribution in [0.5, 0.6) is 0 Å². The fourth-order valence-corrected chi connectivity index (χ4v) is 1.87. The number of rotatable bonds is 1. The van der Waals surface area contributed by atoms with Crippen molar-refractivity contribution in [3.05, 3.63) is 34.1 Å². The number of nitrogens with zero attached hydrogens (tertiary/aromatic N) is 2. The van der Waals surface area contributed by atoms with Gasteiger partial charge in [-0.2, -0.15) is 5.10 Å². The Balaban J connectivity index is 2.75. The van der Waals surface area contributed by atoms with Gasteiger partial charge in [-0.25, -0.2) is 9.31 Å². The van der Waals surface area contributed by atoms with Crippen LogP contribution in [0.25, 0.3) is 5.52 Å². The Kier molecular flexibility index (Phi) is 2.48. The molecular weight excluding hydrogens is 260 g/mol. The normalized spacial score (nSPS) is 10.6. The Morgan fingerprint density at radius 2 is 2.27 bits per heavy atom. The van der Waals surface area contributed by atoms with Gasteiger partial charge in [-0.15, -0.1) is 0 Å². The van der Waals surface area contributed by atoms with Crippen molar-refractivity contribution in [2.45, 2.75) is 6.92 Å². The Bertz CT molecular complexity index is 533. The molecule has 0 unspecified atom stereocenters. The molecule has 0 N–H and O–H groups in total. The summed E-state index contributed by atoms with van der Waals surface area (Å²) in [6.45, 7) is 1.83. The molecular formula is C10H9BrN2O2. The van der Waals surface area contributed by atoms with E-state index in [1.165, 1.54) is 7.11 Å². The first kappa shape index (κ1) is 10.2. The minimum Gasteiger partial charge on any atom is -0.465 e. The van der Waals surface area contributed by atoms with Crippen LogP contribution in [0.4, 0.5) is 0 Å². The van der Waals surface area contributed by atoms with Gasteiger partial charge in [0.1, 0.15) is 0 Å². The van der Waals surface area contributed by atoms with Gasteiger partial charge in [0, 0.05) is 10.7 Å². The number of carbonyl (C=O) groups is 1. The monoisotopic (exact) mass is 268 g/mol. The van der Waals surface area contributed by atoms with Gasteiger partial charge in [0.05, 0.1) is 23.9 Å². The molecule has 0 aliphatic carbocycles. The maximum absolute atomic E-state index is 11.5. The van der Waals surface area contributed by atoms with Gasteiger partial charge in [0.15, 0.2) is 0 Å². The molecule has 4 nitrogen and oxygen atoms in total. The Morgan fingerprint density at radius 1 is 1.53 bits per heavy atom. The lowest BCUT2D eigenvalue weighted by Gasteiger charge is -2.03. The maximum atomic E-state index is 11.5. The molecule has 78 valence electrons. The minimum atomic E-state index is -0.351. The lowest BCUT2D eigenvalue weighted by Crippen LogP contribution is -2.06. The number of fused-ring (bicyclic) bond motifs is 1. The molecule has 0 bridgehead atoms. The third kappa shape index (κ3) is 1.74. The number of hydrogen-bond acceptors (Lipinski definition) is 3. The second kappa shape index (κ2) is 3.66. The summed E-state index contributed by atoms with van der Waals surface area (Å²) in [5.41, 5.74) is 2.03. The van der Waals surface area contributed by atoms with Gasteiger partial charge >= 0.3 is 5.97 Å². The van der Waals surface area contributed by atoms with Crippen molar-refractivity contribution in [1.29, 1.82) is 0 Å². The summed E-state index contributed by atoms with van der Waals surface area (Å²) in [5.74, 6) is -0.351. The van der Waals surface area contributed by atoms with E-state index in [9.17, 15) is 4.79 Å². The van der Waals surface area contributed by atoms with Crippen molar-refractivity contribution in [2.75, 3.05) is 7.11 Å². The topological polar surface area (TPSA) is 43.6 Å². The van der Waals surface area contributed by atoms with Crippen molar-refractivity contribution in [2.24, 2.45) is 0 Å². The van der Waals surface area contributed by atoms with Crippen LogP contribution in [0.3, 0.4) is 0 Å². The summed E-state index contributed by atoms with van der Waals surface area (Å²) in [6.07, 6.45) is 1.80. The smallest absolute Gasteiger partial charge is 0.340 e. The molecule has 0 saturated heterocycles. The van der Waals surface area contributed by atoms with E-state index in [4.69, 9.17) is 4.74 Å². The lowest BCUT2D eigenvalue weighted by atomic mass is 10.2. The van der Waals surface area contributed by atoms with Crippen LogP contribution in [0.15, 0.2) is 22.8 Å². The third-order valence-electron chi connectivity index (χ3n) is 2.07. The average Bonchev–Trinajstić information content (AvgIpc) is 2.55. The third-order valence-corrected chi connectivity index (χ3v) is 2.50. The van der Waals surface area contributed by atoms with Crippen molar-refractivity contribution in [3.8, 4) is 0 Å². The highest BCUT2D eigenvalue weighted by atomic mass is 79.9. The first-order chi connectivity index (χ1) is 7.11. The highest BCUT2D eigenvalue weighted by molar-refractivity contribution is 9.10. The lowest BCUT2D eigenvalue weighted by molar-refractivity contribution is 0.0602. The highest BCUT2D eigenvalue weighted by Crippen LogP contribution is 2.19. The zero-order valence-corrected chi connectivity index (χ0v) is 9.91. The molecule has 0 spiro atoms. The van der Waals surface area contributed by atoms with Crippen LogP contribution in [0, 0.1) is 6.92 Å². The van der Waals surface area contributed by atoms with Crippen molar-refractivity contribution in [3.63, 3.8) is 0 Å². The predicted molar refractivity (Wildman–Crippen MR) is 59.0 cm³/mol. The zero-order chi connectivity index (χ0) is 11.0. The van der Waals surface area contributed by atoms with Gasteiger partial charge in [0.25, 0.3) is 0 Å². The fourth-order valence-electron chi connectivity index (χ4n) is 1.46. The summed E-state index contributed by atoms with van der Waals surface area (Å²) in [4.78, 5) is 11.5. The maximum Gasteiger partial charge on any atom is 0.340 e. The van der Waals surface area contributed by atoms with E-state index in [0.717, 1.165) is 15.7 Å². The standard InChI is InChI=1S/C10H9BrN2O2/c1-6-3-8(10(14)15-2)9-4-7(11)5-13(9)12-6/h3-5H,1-2H3. The van der Waals surface area contributed by atoms with Crippen molar-refractivity contribution < 1.29 is 9.53 Å². The first-order valence-corrected chi connectivity index (χ1v) is 5.15. The van der Waals surface area contributed by atoms with Crippen molar-refractivity contribution in [1.82, 2.24) is 9.61 Å². The van der Waals surface area contributed by atoms with Gasteiger partial charge < -0.3 is 4.74 Å².